The maximum absolute atomic E-state index is 12.4. The molecule has 17 heavy (non-hydrogen) atoms. The Balaban J connectivity index is 2.70. The highest BCUT2D eigenvalue weighted by Crippen LogP contribution is 2.27. The molecule has 0 radical (unpaired) electrons. The van der Waals surface area contributed by atoms with Gasteiger partial charge in [-0.3, -0.25) is 0 Å². The van der Waals surface area contributed by atoms with Gasteiger partial charge in [-0.15, -0.1) is 0 Å². The van der Waals surface area contributed by atoms with Crippen molar-refractivity contribution in [3.63, 3.8) is 0 Å². The topological polar surface area (TPSA) is 35.2 Å². The van der Waals surface area contributed by atoms with Gasteiger partial charge in [-0.25, -0.2) is 0 Å². The third-order valence-electron chi connectivity index (χ3n) is 2.74. The van der Waals surface area contributed by atoms with Crippen LogP contribution in [0, 0.1) is 19.8 Å². The number of ether oxygens (including phenoxy) is 1. The zero-order chi connectivity index (χ0) is 13.1. The van der Waals surface area contributed by atoms with E-state index < -0.39 is 25.2 Å². The van der Waals surface area contributed by atoms with Crippen LogP contribution in [0.25, 0.3) is 0 Å². The summed E-state index contributed by atoms with van der Waals surface area (Å²) in [7, 11) is 0. The van der Waals surface area contributed by atoms with Crippen LogP contribution in [-0.2, 0) is 0 Å². The highest BCUT2D eigenvalue weighted by molar-refractivity contribution is 5.38. The number of hydrogen-bond acceptors (Lipinski definition) is 2. The van der Waals surface area contributed by atoms with E-state index in [9.17, 15) is 13.2 Å². The first-order chi connectivity index (χ1) is 7.86. The van der Waals surface area contributed by atoms with Crippen LogP contribution in [0.5, 0.6) is 5.75 Å². The summed E-state index contributed by atoms with van der Waals surface area (Å²) in [6.45, 7) is 2.79. The van der Waals surface area contributed by atoms with E-state index in [1.54, 1.807) is 12.1 Å². The van der Waals surface area contributed by atoms with E-state index in [1.807, 2.05) is 19.9 Å². The molecule has 1 unspecified atom stereocenters. The minimum atomic E-state index is -4.31. The first kappa shape index (κ1) is 13.8. The van der Waals surface area contributed by atoms with Crippen LogP contribution in [0.2, 0.25) is 0 Å². The Hall–Kier alpha value is -1.23. The maximum atomic E-state index is 12.4. The lowest BCUT2D eigenvalue weighted by Gasteiger charge is -2.19. The lowest BCUT2D eigenvalue weighted by Crippen LogP contribution is -2.35. The fourth-order valence-corrected chi connectivity index (χ4v) is 1.37. The molecule has 1 aromatic rings. The minimum absolute atomic E-state index is 0.440. The summed E-state index contributed by atoms with van der Waals surface area (Å²) in [5.41, 5.74) is 6.93. The molecule has 0 saturated heterocycles. The Bertz CT molecular complexity index is 377. The third-order valence-corrected chi connectivity index (χ3v) is 2.74. The van der Waals surface area contributed by atoms with Crippen molar-refractivity contribution in [2.45, 2.75) is 20.0 Å². The second kappa shape index (κ2) is 5.40. The number of hydrogen-bond donors (Lipinski definition) is 1. The molecular weight excluding hydrogens is 231 g/mol. The Morgan fingerprint density at radius 2 is 1.94 bits per heavy atom. The summed E-state index contributed by atoms with van der Waals surface area (Å²) >= 11 is 0. The van der Waals surface area contributed by atoms with Crippen molar-refractivity contribution in [3.8, 4) is 5.75 Å². The largest absolute Gasteiger partial charge is 0.493 e. The molecule has 0 aromatic heterocycles. The monoisotopic (exact) mass is 247 g/mol. The second-order valence-electron chi connectivity index (χ2n) is 3.98. The van der Waals surface area contributed by atoms with Gasteiger partial charge in [0, 0.05) is 6.54 Å². The Morgan fingerprint density at radius 1 is 1.29 bits per heavy atom. The van der Waals surface area contributed by atoms with Crippen molar-refractivity contribution in [2.75, 3.05) is 13.2 Å². The maximum Gasteiger partial charge on any atom is 0.396 e. The number of benzene rings is 1. The average molecular weight is 247 g/mol. The molecule has 0 amide bonds. The number of halogens is 3. The molecule has 1 aromatic carbocycles. The Kier molecular flexibility index (Phi) is 4.40. The normalized spacial score (nSPS) is 13.5. The van der Waals surface area contributed by atoms with E-state index >= 15 is 0 Å². The van der Waals surface area contributed by atoms with Gasteiger partial charge in [-0.1, -0.05) is 12.1 Å². The number of aryl methyl sites for hydroxylation is 1. The van der Waals surface area contributed by atoms with Gasteiger partial charge in [0.2, 0.25) is 0 Å². The van der Waals surface area contributed by atoms with Crippen molar-refractivity contribution in [3.05, 3.63) is 29.3 Å². The lowest BCUT2D eigenvalue weighted by atomic mass is 10.1. The summed E-state index contributed by atoms with van der Waals surface area (Å²) in [6.07, 6.45) is -4.31. The predicted octanol–water partition coefficient (Wildman–Crippen LogP) is 2.82. The highest BCUT2D eigenvalue weighted by atomic mass is 19.4. The van der Waals surface area contributed by atoms with Crippen LogP contribution in [-0.4, -0.2) is 19.3 Å². The standard InChI is InChI=1S/C12H16F3NO/c1-8-4-3-5-11(9(8)2)17-7-10(6-16)12(13,14)15/h3-5,10H,6-7,16H2,1-2H3. The quantitative estimate of drug-likeness (QED) is 0.888. The predicted molar refractivity (Wildman–Crippen MR) is 60.0 cm³/mol. The molecule has 0 fully saturated rings. The molecule has 2 N–H and O–H groups in total. The lowest BCUT2D eigenvalue weighted by molar-refractivity contribution is -0.178. The third kappa shape index (κ3) is 3.63. The second-order valence-corrected chi connectivity index (χ2v) is 3.98. The van der Waals surface area contributed by atoms with E-state index in [-0.39, 0.29) is 0 Å². The van der Waals surface area contributed by atoms with Gasteiger partial charge in [0.15, 0.2) is 0 Å². The summed E-state index contributed by atoms with van der Waals surface area (Å²) < 4.78 is 42.5. The minimum Gasteiger partial charge on any atom is -0.493 e. The molecule has 0 heterocycles. The Labute approximate surface area is 98.6 Å². The molecule has 1 atom stereocenters. The first-order valence-corrected chi connectivity index (χ1v) is 5.32. The summed E-state index contributed by atoms with van der Waals surface area (Å²) in [5.74, 6) is -1.14. The smallest absolute Gasteiger partial charge is 0.396 e. The molecule has 1 rings (SSSR count). The van der Waals surface area contributed by atoms with Crippen LogP contribution in [0.1, 0.15) is 11.1 Å². The molecule has 0 aliphatic rings. The van der Waals surface area contributed by atoms with E-state index in [2.05, 4.69) is 0 Å². The van der Waals surface area contributed by atoms with Crippen LogP contribution >= 0.6 is 0 Å². The molecular formula is C12H16F3NO. The first-order valence-electron chi connectivity index (χ1n) is 5.32. The molecule has 0 spiro atoms. The molecule has 0 bridgehead atoms. The molecule has 2 nitrogen and oxygen atoms in total. The fourth-order valence-electron chi connectivity index (χ4n) is 1.37. The number of rotatable bonds is 4. The number of nitrogens with two attached hydrogens (primary N) is 1. The van der Waals surface area contributed by atoms with E-state index in [4.69, 9.17) is 10.5 Å². The van der Waals surface area contributed by atoms with E-state index in [0.29, 0.717) is 5.75 Å². The van der Waals surface area contributed by atoms with Gasteiger partial charge in [-0.2, -0.15) is 13.2 Å². The Morgan fingerprint density at radius 3 is 2.47 bits per heavy atom. The van der Waals surface area contributed by atoms with E-state index in [1.165, 1.54) is 0 Å². The zero-order valence-electron chi connectivity index (χ0n) is 9.84. The molecule has 0 aliphatic carbocycles. The van der Waals surface area contributed by atoms with Gasteiger partial charge in [0.25, 0.3) is 0 Å². The van der Waals surface area contributed by atoms with Crippen LogP contribution in [0.15, 0.2) is 18.2 Å². The SMILES string of the molecule is Cc1cccc(OCC(CN)C(F)(F)F)c1C. The van der Waals surface area contributed by atoms with Crippen molar-refractivity contribution in [1.29, 1.82) is 0 Å². The van der Waals surface area contributed by atoms with Crippen molar-refractivity contribution in [2.24, 2.45) is 11.7 Å². The average Bonchev–Trinajstić information content (AvgIpc) is 2.23. The van der Waals surface area contributed by atoms with Crippen LogP contribution < -0.4 is 10.5 Å². The van der Waals surface area contributed by atoms with Gasteiger partial charge in [-0.05, 0) is 31.0 Å². The van der Waals surface area contributed by atoms with Gasteiger partial charge >= 0.3 is 6.18 Å². The van der Waals surface area contributed by atoms with Crippen LogP contribution in [0.4, 0.5) is 13.2 Å². The van der Waals surface area contributed by atoms with Crippen molar-refractivity contribution in [1.82, 2.24) is 0 Å². The fraction of sp³-hybridized carbons (Fsp3) is 0.500. The van der Waals surface area contributed by atoms with Gasteiger partial charge in [0.1, 0.15) is 18.3 Å². The van der Waals surface area contributed by atoms with Gasteiger partial charge in [0.05, 0.1) is 0 Å². The molecule has 5 heteroatoms. The number of alkyl halides is 3. The highest BCUT2D eigenvalue weighted by Gasteiger charge is 2.39. The van der Waals surface area contributed by atoms with Crippen LogP contribution in [0.3, 0.4) is 0 Å². The van der Waals surface area contributed by atoms with Crippen molar-refractivity contribution >= 4 is 0 Å². The van der Waals surface area contributed by atoms with E-state index in [0.717, 1.165) is 11.1 Å². The summed E-state index contributed by atoms with van der Waals surface area (Å²) in [4.78, 5) is 0. The van der Waals surface area contributed by atoms with Crippen molar-refractivity contribution < 1.29 is 17.9 Å². The zero-order valence-corrected chi connectivity index (χ0v) is 9.84. The summed E-state index contributed by atoms with van der Waals surface area (Å²) in [6, 6.07) is 5.29. The molecule has 0 aliphatic heterocycles. The molecule has 0 saturated carbocycles. The molecule has 96 valence electrons. The van der Waals surface area contributed by atoms with Gasteiger partial charge < -0.3 is 10.5 Å². The summed E-state index contributed by atoms with van der Waals surface area (Å²) in [5, 5.41) is 0.